The number of allylic oxidation sites excluding steroid dienone is 1. The van der Waals surface area contributed by atoms with Crippen molar-refractivity contribution in [3.8, 4) is 11.5 Å². The van der Waals surface area contributed by atoms with E-state index in [1.807, 2.05) is 13.8 Å². The molecule has 1 unspecified atom stereocenters. The number of fused-ring (bicyclic) bond motifs is 1. The molecule has 0 spiro atoms. The van der Waals surface area contributed by atoms with Gasteiger partial charge in [-0.2, -0.15) is 4.39 Å². The molecule has 3 aromatic rings. The highest BCUT2D eigenvalue weighted by Crippen LogP contribution is 2.51. The summed E-state index contributed by atoms with van der Waals surface area (Å²) in [5, 5.41) is 14.1. The number of aromatic hydroxyl groups is 1. The number of hydrogen-bond acceptors (Lipinski definition) is 7. The molecule has 2 atom stereocenters. The average molecular weight is 584 g/mol. The lowest BCUT2D eigenvalue weighted by Crippen LogP contribution is -2.40. The Kier molecular flexibility index (Phi) is 7.27. The highest BCUT2D eigenvalue weighted by Gasteiger charge is 2.45. The standard InChI is InChI=1S/C30H31F2N3O5S/c1-15(2)13-39-22-11-10-18(23(31)24(22)32)27-28-19(12-30(5,6)14-41(28)38)34-26-20(8-7-9-21(26)36)35(27)29(37)25-16(3)40-17(4)33-25/h7-11,27,34,36H,1,12-14H2,2-6H3/t27-,41?/m1/s1. The van der Waals surface area contributed by atoms with Gasteiger partial charge in [-0.1, -0.05) is 26.5 Å². The second-order valence-corrected chi connectivity index (χ2v) is 12.6. The number of phenolic OH excluding ortho intramolecular Hbond substituents is 1. The molecule has 0 bridgehead atoms. The lowest BCUT2D eigenvalue weighted by Gasteiger charge is -2.37. The Morgan fingerprint density at radius 3 is 2.66 bits per heavy atom. The van der Waals surface area contributed by atoms with Gasteiger partial charge >= 0.3 is 0 Å². The van der Waals surface area contributed by atoms with Gasteiger partial charge in [0.25, 0.3) is 5.91 Å². The number of hydrogen-bond donors (Lipinski definition) is 2. The number of ether oxygens (including phenoxy) is 1. The first-order valence-electron chi connectivity index (χ1n) is 13.0. The summed E-state index contributed by atoms with van der Waals surface area (Å²) in [6.45, 7) is 12.4. The van der Waals surface area contributed by atoms with Crippen molar-refractivity contribution in [2.24, 2.45) is 5.41 Å². The molecule has 0 radical (unpaired) electrons. The summed E-state index contributed by atoms with van der Waals surface area (Å²) in [7, 11) is -1.72. The second kappa shape index (κ2) is 10.4. The van der Waals surface area contributed by atoms with E-state index >= 15 is 8.78 Å². The number of nitrogens with one attached hydrogen (secondary N) is 1. The summed E-state index contributed by atoms with van der Waals surface area (Å²) < 4.78 is 56.4. The zero-order valence-electron chi connectivity index (χ0n) is 23.4. The third-order valence-corrected chi connectivity index (χ3v) is 8.96. The van der Waals surface area contributed by atoms with Crippen molar-refractivity contribution in [1.82, 2.24) is 4.98 Å². The summed E-state index contributed by atoms with van der Waals surface area (Å²) in [5.74, 6) is -3.01. The van der Waals surface area contributed by atoms with Crippen LogP contribution in [0.3, 0.4) is 0 Å². The smallest absolute Gasteiger partial charge is 0.281 e. The van der Waals surface area contributed by atoms with Crippen LogP contribution >= 0.6 is 0 Å². The van der Waals surface area contributed by atoms with Crippen LogP contribution in [0.5, 0.6) is 11.5 Å². The third kappa shape index (κ3) is 5.14. The molecule has 0 saturated heterocycles. The molecule has 3 heterocycles. The van der Waals surface area contributed by atoms with Crippen LogP contribution in [0.4, 0.5) is 20.2 Å². The number of phenols is 1. The number of rotatable bonds is 5. The van der Waals surface area contributed by atoms with Crippen molar-refractivity contribution < 1.29 is 32.0 Å². The maximum Gasteiger partial charge on any atom is 0.281 e. The topological polar surface area (TPSA) is 105 Å². The fraction of sp³-hybridized carbons (Fsp3) is 0.333. The Bertz CT molecular complexity index is 1640. The fourth-order valence-corrected chi connectivity index (χ4v) is 7.11. The zero-order valence-corrected chi connectivity index (χ0v) is 24.2. The highest BCUT2D eigenvalue weighted by molar-refractivity contribution is 7.89. The first kappa shape index (κ1) is 28.5. The minimum Gasteiger partial charge on any atom is -0.506 e. The Morgan fingerprint density at radius 2 is 2.00 bits per heavy atom. The van der Waals surface area contributed by atoms with Crippen LogP contribution in [0, 0.1) is 30.9 Å². The van der Waals surface area contributed by atoms with E-state index in [1.54, 1.807) is 26.8 Å². The second-order valence-electron chi connectivity index (χ2n) is 11.2. The number of carbonyl (C=O) groups is 1. The van der Waals surface area contributed by atoms with Gasteiger partial charge in [-0.05, 0) is 55.5 Å². The van der Waals surface area contributed by atoms with Crippen molar-refractivity contribution in [2.45, 2.75) is 47.1 Å². The van der Waals surface area contributed by atoms with Crippen LogP contribution in [0.25, 0.3) is 0 Å². The molecular weight excluding hydrogens is 552 g/mol. The summed E-state index contributed by atoms with van der Waals surface area (Å²) in [6, 6.07) is 5.80. The van der Waals surface area contributed by atoms with Gasteiger partial charge in [0.2, 0.25) is 5.82 Å². The first-order valence-corrected chi connectivity index (χ1v) is 14.3. The molecule has 1 amide bonds. The van der Waals surface area contributed by atoms with Crippen molar-refractivity contribution >= 4 is 28.1 Å². The van der Waals surface area contributed by atoms with E-state index in [9.17, 15) is 14.1 Å². The number of nitrogens with zero attached hydrogens (tertiary/aromatic N) is 2. The number of oxazole rings is 1. The molecule has 41 heavy (non-hydrogen) atoms. The molecule has 1 aromatic heterocycles. The van der Waals surface area contributed by atoms with Gasteiger partial charge < -0.3 is 19.6 Å². The maximum atomic E-state index is 16.1. The number of para-hydroxylation sites is 1. The largest absolute Gasteiger partial charge is 0.506 e. The van der Waals surface area contributed by atoms with Crippen LogP contribution < -0.4 is 15.0 Å². The van der Waals surface area contributed by atoms with Gasteiger partial charge in [0, 0.05) is 23.9 Å². The van der Waals surface area contributed by atoms with Gasteiger partial charge in [0.1, 0.15) is 29.8 Å². The molecule has 5 rings (SSSR count). The quantitative estimate of drug-likeness (QED) is 0.263. The van der Waals surface area contributed by atoms with Gasteiger partial charge in [-0.3, -0.25) is 13.9 Å². The van der Waals surface area contributed by atoms with Crippen LogP contribution in [-0.4, -0.2) is 32.6 Å². The number of aryl methyl sites for hydroxylation is 2. The van der Waals surface area contributed by atoms with Gasteiger partial charge in [0.15, 0.2) is 23.2 Å². The molecule has 216 valence electrons. The first-order chi connectivity index (χ1) is 19.3. The molecule has 0 fully saturated rings. The molecule has 2 aliphatic heterocycles. The van der Waals surface area contributed by atoms with Crippen LogP contribution in [0.15, 0.2) is 57.5 Å². The molecule has 2 aliphatic rings. The number of carbonyl (C=O) groups excluding carboxylic acids is 1. The normalized spacial score (nSPS) is 19.6. The van der Waals surface area contributed by atoms with E-state index in [-0.39, 0.29) is 63.0 Å². The molecule has 11 heteroatoms. The van der Waals surface area contributed by atoms with E-state index in [0.29, 0.717) is 17.7 Å². The lowest BCUT2D eigenvalue weighted by molar-refractivity contribution is 0.0974. The number of benzene rings is 2. The van der Waals surface area contributed by atoms with Crippen LogP contribution in [0.2, 0.25) is 0 Å². The maximum absolute atomic E-state index is 16.1. The van der Waals surface area contributed by atoms with E-state index in [2.05, 4.69) is 16.9 Å². The van der Waals surface area contributed by atoms with Crippen molar-refractivity contribution in [3.63, 3.8) is 0 Å². The number of anilines is 2. The van der Waals surface area contributed by atoms with Crippen LogP contribution in [-0.2, 0) is 10.8 Å². The van der Waals surface area contributed by atoms with E-state index in [0.717, 1.165) is 0 Å². The Balaban J connectivity index is 1.81. The Labute approximate surface area is 239 Å². The van der Waals surface area contributed by atoms with Crippen molar-refractivity contribution in [2.75, 3.05) is 22.6 Å². The van der Waals surface area contributed by atoms with Gasteiger partial charge in [-0.25, -0.2) is 9.37 Å². The molecular formula is C30H31F2N3O5S. The average Bonchev–Trinajstić information content (AvgIpc) is 3.14. The number of halogens is 2. The summed E-state index contributed by atoms with van der Waals surface area (Å²) >= 11 is 0. The van der Waals surface area contributed by atoms with Gasteiger partial charge in [0.05, 0.1) is 21.4 Å². The third-order valence-electron chi connectivity index (χ3n) is 6.95. The molecule has 8 nitrogen and oxygen atoms in total. The van der Waals surface area contributed by atoms with Crippen molar-refractivity contribution in [3.05, 3.63) is 87.6 Å². The summed E-state index contributed by atoms with van der Waals surface area (Å²) in [5.41, 5.74) is 0.722. The van der Waals surface area contributed by atoms with E-state index in [4.69, 9.17) is 9.15 Å². The molecule has 0 saturated carbocycles. The Hall–Kier alpha value is -3.99. The van der Waals surface area contributed by atoms with E-state index in [1.165, 1.54) is 29.2 Å². The minimum atomic E-state index is -1.72. The van der Waals surface area contributed by atoms with Gasteiger partial charge in [-0.15, -0.1) is 0 Å². The monoisotopic (exact) mass is 583 g/mol. The number of amides is 1. The predicted octanol–water partition coefficient (Wildman–Crippen LogP) is 6.43. The van der Waals surface area contributed by atoms with Crippen LogP contribution in [0.1, 0.15) is 60.9 Å². The zero-order chi connectivity index (χ0) is 29.8. The minimum absolute atomic E-state index is 0.0144. The molecule has 0 aliphatic carbocycles. The van der Waals surface area contributed by atoms with E-state index < -0.39 is 39.8 Å². The predicted molar refractivity (Wildman–Crippen MR) is 152 cm³/mol. The SMILES string of the molecule is C=C(C)COc1ccc([C@@H]2C3=C(CC(C)(C)CS3=O)Nc3c(O)cccc3N2C(=O)c2nc(C)oc2C)c(F)c1F. The van der Waals surface area contributed by atoms with Crippen molar-refractivity contribution in [1.29, 1.82) is 0 Å². The lowest BCUT2D eigenvalue weighted by atomic mass is 9.88. The summed E-state index contributed by atoms with van der Waals surface area (Å²) in [4.78, 5) is 20.0. The highest BCUT2D eigenvalue weighted by atomic mass is 32.2. The summed E-state index contributed by atoms with van der Waals surface area (Å²) in [6.07, 6.45) is 0.381. The molecule has 2 N–H and O–H groups in total. The molecule has 2 aromatic carbocycles. The Morgan fingerprint density at radius 1 is 1.27 bits per heavy atom. The fourth-order valence-electron chi connectivity index (χ4n) is 5.27. The number of aromatic nitrogens is 1.